The summed E-state index contributed by atoms with van der Waals surface area (Å²) in [6.45, 7) is 5.50. The Morgan fingerprint density at radius 1 is 1.15 bits per heavy atom. The number of carbonyl (C=O) groups is 1. The maximum atomic E-state index is 13.3. The van der Waals surface area contributed by atoms with Crippen LogP contribution in [0, 0.1) is 0 Å². The van der Waals surface area contributed by atoms with Gasteiger partial charge in [0.25, 0.3) is 5.91 Å². The number of para-hydroxylation sites is 1. The third-order valence-electron chi connectivity index (χ3n) is 5.13. The average Bonchev–Trinajstić information content (AvgIpc) is 3.30. The number of aromatic nitrogens is 2. The molecule has 0 unspecified atom stereocenters. The second-order valence-corrected chi connectivity index (χ2v) is 11.9. The molecule has 1 amide bonds. The van der Waals surface area contributed by atoms with Crippen molar-refractivity contribution in [3.8, 4) is 0 Å². The Morgan fingerprint density at radius 3 is 2.59 bits per heavy atom. The molecule has 4 rings (SSSR count). The fourth-order valence-electron chi connectivity index (χ4n) is 3.43. The van der Waals surface area contributed by atoms with Gasteiger partial charge in [0.1, 0.15) is 0 Å². The number of amides is 1. The zero-order valence-corrected chi connectivity index (χ0v) is 21.3. The minimum atomic E-state index is -3.79. The standard InChI is InChI=1S/C22H22ClN5O3S3/c1-2-14-32-22-26-25-21(33-22)24-20(29)18-15-17(8-9-19(18)23)34(30,31)28-12-10-27(11-13-28)16-6-4-3-5-7-16/h2-9,15H,1,10-14H2,(H,24,25,29). The molecule has 1 saturated heterocycles. The molecule has 2 heterocycles. The zero-order valence-electron chi connectivity index (χ0n) is 18.1. The van der Waals surface area contributed by atoms with Crippen molar-refractivity contribution >= 4 is 61.4 Å². The molecule has 0 spiro atoms. The number of anilines is 2. The smallest absolute Gasteiger partial charge is 0.259 e. The molecule has 0 atom stereocenters. The number of hydrogen-bond donors (Lipinski definition) is 1. The third-order valence-corrected chi connectivity index (χ3v) is 9.32. The minimum Gasteiger partial charge on any atom is -0.369 e. The van der Waals surface area contributed by atoms with Gasteiger partial charge in [-0.25, -0.2) is 8.42 Å². The van der Waals surface area contributed by atoms with Gasteiger partial charge in [-0.2, -0.15) is 4.31 Å². The highest BCUT2D eigenvalue weighted by atomic mass is 35.5. The summed E-state index contributed by atoms with van der Waals surface area (Å²) in [5.41, 5.74) is 1.12. The molecule has 1 aliphatic heterocycles. The van der Waals surface area contributed by atoms with Crippen LogP contribution in [0.4, 0.5) is 10.8 Å². The lowest BCUT2D eigenvalue weighted by molar-refractivity contribution is 0.102. The fourth-order valence-corrected chi connectivity index (χ4v) is 6.59. The molecule has 2 aromatic carbocycles. The van der Waals surface area contributed by atoms with Crippen LogP contribution in [0.15, 0.2) is 70.4 Å². The highest BCUT2D eigenvalue weighted by Crippen LogP contribution is 2.28. The molecule has 1 fully saturated rings. The Kier molecular flexibility index (Phi) is 7.89. The number of thioether (sulfide) groups is 1. The first-order valence-electron chi connectivity index (χ1n) is 10.4. The Morgan fingerprint density at radius 2 is 1.88 bits per heavy atom. The summed E-state index contributed by atoms with van der Waals surface area (Å²) >= 11 is 8.90. The van der Waals surface area contributed by atoms with E-state index in [9.17, 15) is 13.2 Å². The number of sulfonamides is 1. The maximum absolute atomic E-state index is 13.3. The Bertz CT molecular complexity index is 1280. The normalized spacial score (nSPS) is 14.7. The van der Waals surface area contributed by atoms with E-state index >= 15 is 0 Å². The van der Waals surface area contributed by atoms with Crippen LogP contribution in [0.2, 0.25) is 5.02 Å². The molecule has 178 valence electrons. The Hall–Kier alpha value is -2.44. The van der Waals surface area contributed by atoms with Crippen LogP contribution in [-0.4, -0.2) is 60.8 Å². The van der Waals surface area contributed by atoms with E-state index in [0.717, 1.165) is 5.69 Å². The van der Waals surface area contributed by atoms with Gasteiger partial charge in [-0.3, -0.25) is 10.1 Å². The van der Waals surface area contributed by atoms with Gasteiger partial charge in [-0.1, -0.05) is 59.0 Å². The van der Waals surface area contributed by atoms with E-state index in [2.05, 4.69) is 27.0 Å². The number of carbonyl (C=O) groups excluding carboxylic acids is 1. The molecule has 0 aliphatic carbocycles. The molecule has 8 nitrogen and oxygen atoms in total. The van der Waals surface area contributed by atoms with E-state index in [1.54, 1.807) is 6.08 Å². The number of halogens is 1. The zero-order chi connectivity index (χ0) is 24.1. The van der Waals surface area contributed by atoms with Gasteiger partial charge in [0, 0.05) is 37.6 Å². The molecule has 12 heteroatoms. The summed E-state index contributed by atoms with van der Waals surface area (Å²) in [6.07, 6.45) is 1.75. The van der Waals surface area contributed by atoms with E-state index in [-0.39, 0.29) is 15.5 Å². The van der Waals surface area contributed by atoms with E-state index < -0.39 is 15.9 Å². The van der Waals surface area contributed by atoms with Crippen molar-refractivity contribution in [1.82, 2.24) is 14.5 Å². The van der Waals surface area contributed by atoms with Gasteiger partial charge in [0.15, 0.2) is 4.34 Å². The summed E-state index contributed by atoms with van der Waals surface area (Å²) in [5.74, 6) is 0.126. The summed E-state index contributed by atoms with van der Waals surface area (Å²) in [6, 6.07) is 14.0. The van der Waals surface area contributed by atoms with E-state index in [1.165, 1.54) is 45.6 Å². The number of nitrogens with one attached hydrogen (secondary N) is 1. The van der Waals surface area contributed by atoms with Crippen LogP contribution in [0.1, 0.15) is 10.4 Å². The Balaban J connectivity index is 1.47. The number of hydrogen-bond acceptors (Lipinski definition) is 8. The fraction of sp³-hybridized carbons (Fsp3) is 0.227. The second-order valence-electron chi connectivity index (χ2n) is 7.30. The minimum absolute atomic E-state index is 0.0229. The molecule has 3 aromatic rings. The summed E-state index contributed by atoms with van der Waals surface area (Å²) in [7, 11) is -3.79. The molecule has 0 radical (unpaired) electrons. The summed E-state index contributed by atoms with van der Waals surface area (Å²) in [4.78, 5) is 15.0. The van der Waals surface area contributed by atoms with Crippen LogP contribution in [-0.2, 0) is 10.0 Å². The van der Waals surface area contributed by atoms with E-state index in [4.69, 9.17) is 11.6 Å². The third kappa shape index (κ3) is 5.61. The highest BCUT2D eigenvalue weighted by Gasteiger charge is 2.29. The first-order chi connectivity index (χ1) is 16.4. The van der Waals surface area contributed by atoms with Gasteiger partial charge in [-0.15, -0.1) is 16.8 Å². The van der Waals surface area contributed by atoms with Crippen LogP contribution in [0.25, 0.3) is 0 Å². The molecule has 0 saturated carbocycles. The monoisotopic (exact) mass is 535 g/mol. The number of benzene rings is 2. The molecule has 1 N–H and O–H groups in total. The highest BCUT2D eigenvalue weighted by molar-refractivity contribution is 8.01. The quantitative estimate of drug-likeness (QED) is 0.262. The molecule has 1 aliphatic rings. The predicted molar refractivity (Wildman–Crippen MR) is 138 cm³/mol. The van der Waals surface area contributed by atoms with Crippen molar-refractivity contribution in [2.24, 2.45) is 0 Å². The van der Waals surface area contributed by atoms with Crippen molar-refractivity contribution in [1.29, 1.82) is 0 Å². The first kappa shape index (κ1) is 24.7. The van der Waals surface area contributed by atoms with Crippen molar-refractivity contribution in [2.45, 2.75) is 9.24 Å². The van der Waals surface area contributed by atoms with Crippen LogP contribution < -0.4 is 10.2 Å². The molecular weight excluding hydrogens is 514 g/mol. The van der Waals surface area contributed by atoms with Crippen molar-refractivity contribution in [2.75, 3.05) is 42.1 Å². The molecular formula is C22H22ClN5O3S3. The van der Waals surface area contributed by atoms with Gasteiger partial charge >= 0.3 is 0 Å². The largest absolute Gasteiger partial charge is 0.369 e. The van der Waals surface area contributed by atoms with Gasteiger partial charge in [-0.05, 0) is 30.3 Å². The first-order valence-corrected chi connectivity index (χ1v) is 14.0. The predicted octanol–water partition coefficient (Wildman–Crippen LogP) is 4.23. The van der Waals surface area contributed by atoms with Crippen LogP contribution in [0.3, 0.4) is 0 Å². The molecule has 0 bridgehead atoms. The summed E-state index contributed by atoms with van der Waals surface area (Å²) < 4.78 is 28.7. The Labute approximate surface area is 211 Å². The lowest BCUT2D eigenvalue weighted by Gasteiger charge is -2.35. The second kappa shape index (κ2) is 10.9. The van der Waals surface area contributed by atoms with Crippen LogP contribution >= 0.6 is 34.7 Å². The lowest BCUT2D eigenvalue weighted by atomic mass is 10.2. The summed E-state index contributed by atoms with van der Waals surface area (Å²) in [5, 5.41) is 11.0. The topological polar surface area (TPSA) is 95.5 Å². The van der Waals surface area contributed by atoms with Crippen molar-refractivity contribution in [3.05, 3.63) is 71.8 Å². The SMILES string of the molecule is C=CCSc1nnc(NC(=O)c2cc(S(=O)(=O)N3CCN(c4ccccc4)CC3)ccc2Cl)s1. The van der Waals surface area contributed by atoms with Crippen molar-refractivity contribution in [3.63, 3.8) is 0 Å². The maximum Gasteiger partial charge on any atom is 0.259 e. The van der Waals surface area contributed by atoms with Gasteiger partial charge < -0.3 is 4.90 Å². The van der Waals surface area contributed by atoms with E-state index in [1.807, 2.05) is 30.3 Å². The number of rotatable bonds is 8. The number of nitrogens with zero attached hydrogens (tertiary/aromatic N) is 4. The van der Waals surface area contributed by atoms with E-state index in [0.29, 0.717) is 41.4 Å². The average molecular weight is 536 g/mol. The molecule has 1 aromatic heterocycles. The molecule has 34 heavy (non-hydrogen) atoms. The lowest BCUT2D eigenvalue weighted by Crippen LogP contribution is -2.48. The van der Waals surface area contributed by atoms with Crippen molar-refractivity contribution < 1.29 is 13.2 Å². The number of piperazine rings is 1. The van der Waals surface area contributed by atoms with Crippen LogP contribution in [0.5, 0.6) is 0 Å². The van der Waals surface area contributed by atoms with Gasteiger partial charge in [0.2, 0.25) is 15.2 Å². The van der Waals surface area contributed by atoms with Gasteiger partial charge in [0.05, 0.1) is 15.5 Å².